The molecule has 14 heteroatoms. The predicted octanol–water partition coefficient (Wildman–Crippen LogP) is 27.7. The van der Waals surface area contributed by atoms with E-state index < -0.39 is 0 Å². The van der Waals surface area contributed by atoms with Crippen molar-refractivity contribution in [3.63, 3.8) is 0 Å². The molecule has 3 aliphatic carbocycles. The molecule has 25 rings (SSSR count). The number of aromatic nitrogens is 11. The van der Waals surface area contributed by atoms with E-state index in [0.717, 1.165) is 116 Å². The van der Waals surface area contributed by atoms with E-state index in [1.54, 1.807) is 12.4 Å². The van der Waals surface area contributed by atoms with Crippen LogP contribution in [-0.4, -0.2) is 54.8 Å². The molecule has 0 amide bonds. The fourth-order valence-electron chi connectivity index (χ4n) is 18.9. The smallest absolute Gasteiger partial charge is 0.182 e. The Balaban J connectivity index is 0.000000109. The largest absolute Gasteiger partial charge is 0.456 e. The van der Waals surface area contributed by atoms with Crippen LogP contribution < -0.4 is 0 Å². The Kier molecular flexibility index (Phi) is 17.6. The van der Waals surface area contributed by atoms with Crippen molar-refractivity contribution in [2.75, 3.05) is 0 Å². The third-order valence-corrected chi connectivity index (χ3v) is 25.3. The van der Waals surface area contributed by atoms with E-state index in [1.165, 1.54) is 66.8 Å². The van der Waals surface area contributed by atoms with Crippen LogP contribution in [0, 0.1) is 0 Å². The average Bonchev–Trinajstić information content (AvgIpc) is 1.57. The van der Waals surface area contributed by atoms with Gasteiger partial charge in [0.1, 0.15) is 44.9 Å². The van der Waals surface area contributed by atoms with Gasteiger partial charge < -0.3 is 13.3 Å². The third-order valence-electron chi connectivity index (χ3n) is 25.3. The zero-order valence-electron chi connectivity index (χ0n) is 69.7. The van der Waals surface area contributed by atoms with Crippen molar-refractivity contribution in [3.8, 4) is 147 Å². The van der Waals surface area contributed by atoms with Crippen LogP contribution in [0.4, 0.5) is 0 Å². The molecule has 22 aromatic rings. The summed E-state index contributed by atoms with van der Waals surface area (Å²) < 4.78 is 19.3. The highest BCUT2D eigenvalue weighted by molar-refractivity contribution is 6.15. The molecule has 0 N–H and O–H groups in total. The number of hydrogen-bond donors (Lipinski definition) is 0. The Morgan fingerprint density at radius 2 is 0.476 bits per heavy atom. The minimum Gasteiger partial charge on any atom is -0.456 e. The van der Waals surface area contributed by atoms with Crippen molar-refractivity contribution in [1.29, 1.82) is 0 Å². The second-order valence-electron chi connectivity index (χ2n) is 34.0. The highest BCUT2D eigenvalue weighted by atomic mass is 16.3. The van der Waals surface area contributed by atoms with Gasteiger partial charge in [0.05, 0.1) is 0 Å². The quantitative estimate of drug-likeness (QED) is 0.126. The lowest BCUT2D eigenvalue weighted by molar-refractivity contribution is 0.657. The van der Waals surface area contributed by atoms with Crippen molar-refractivity contribution < 1.29 is 13.3 Å². The summed E-state index contributed by atoms with van der Waals surface area (Å²) in [6.45, 7) is 13.8. The van der Waals surface area contributed by atoms with Crippen LogP contribution in [0.15, 0.2) is 371 Å². The predicted molar refractivity (Wildman–Crippen MR) is 504 cm³/mol. The van der Waals surface area contributed by atoms with Crippen LogP contribution in [-0.2, 0) is 16.2 Å². The van der Waals surface area contributed by atoms with Crippen LogP contribution in [0.5, 0.6) is 0 Å². The summed E-state index contributed by atoms with van der Waals surface area (Å²) in [7, 11) is 0. The molecule has 0 atom stereocenters. The third kappa shape index (κ3) is 12.7. The van der Waals surface area contributed by atoms with Gasteiger partial charge in [0.15, 0.2) is 52.4 Å². The second-order valence-corrected chi connectivity index (χ2v) is 34.0. The number of fused-ring (bicyclic) bond motifs is 18. The Labute approximate surface area is 725 Å². The maximum absolute atomic E-state index is 6.53. The molecular formula is C112H77N11O3. The lowest BCUT2D eigenvalue weighted by atomic mass is 9.82. The Hall–Kier alpha value is -16.2. The van der Waals surface area contributed by atoms with Gasteiger partial charge in [-0.1, -0.05) is 278 Å². The van der Waals surface area contributed by atoms with E-state index in [9.17, 15) is 0 Å². The Morgan fingerprint density at radius 3 is 0.873 bits per heavy atom. The summed E-state index contributed by atoms with van der Waals surface area (Å²) in [5, 5.41) is 6.53. The Morgan fingerprint density at radius 1 is 0.183 bits per heavy atom. The first-order chi connectivity index (χ1) is 61.7. The monoisotopic (exact) mass is 1620 g/mol. The molecule has 0 saturated carbocycles. The highest BCUT2D eigenvalue weighted by Crippen LogP contribution is 2.55. The second kappa shape index (κ2) is 29.6. The molecule has 126 heavy (non-hydrogen) atoms. The number of nitrogens with zero attached hydrogens (tertiary/aromatic N) is 11. The molecule has 8 heterocycles. The summed E-state index contributed by atoms with van der Waals surface area (Å²) >= 11 is 0. The topological polar surface area (TPSA) is 181 Å². The van der Waals surface area contributed by atoms with Gasteiger partial charge in [-0.15, -0.1) is 0 Å². The van der Waals surface area contributed by atoms with Crippen LogP contribution in [0.25, 0.3) is 213 Å². The van der Waals surface area contributed by atoms with Crippen molar-refractivity contribution in [3.05, 3.63) is 392 Å². The molecule has 0 radical (unpaired) electrons. The summed E-state index contributed by atoms with van der Waals surface area (Å²) in [6, 6.07) is 119. The molecule has 598 valence electrons. The van der Waals surface area contributed by atoms with Crippen molar-refractivity contribution >= 4 is 65.8 Å². The molecule has 8 aromatic heterocycles. The molecule has 0 aliphatic heterocycles. The van der Waals surface area contributed by atoms with Gasteiger partial charge in [0, 0.05) is 99.9 Å². The summed E-state index contributed by atoms with van der Waals surface area (Å²) in [4.78, 5) is 52.8. The summed E-state index contributed by atoms with van der Waals surface area (Å²) in [5.74, 6) is 5.43. The Bertz CT molecular complexity index is 7630. The average molecular weight is 1620 g/mol. The molecule has 0 fully saturated rings. The molecule has 0 spiro atoms. The SMILES string of the molecule is CC1(C)c2ccccc2-c2cc3oc4ccc(-c5nc(-c6ccccc6)nc(-c6ccccc6)n5)cc4c3cc21.CC1(C)c2ccccc2-c2cc3oc4ccc(-c5nc(-c6ccccn6)nc(-c6ccccn6)n5)cc4c3cc21.CC1(C)c2ccccc2-c2cc3oc4cccc(-c5cccc(-c6nc(-c7ccccc7)nc(-c7ccccc7)n6)c5)c4c3cc21. The number of hydrogen-bond acceptors (Lipinski definition) is 14. The fraction of sp³-hybridized carbons (Fsp3) is 0.0804. The molecule has 0 unspecified atom stereocenters. The minimum atomic E-state index is -0.0931. The molecule has 14 aromatic carbocycles. The van der Waals surface area contributed by atoms with E-state index in [1.807, 2.05) is 182 Å². The highest BCUT2D eigenvalue weighted by Gasteiger charge is 2.40. The van der Waals surface area contributed by atoms with Gasteiger partial charge in [-0.25, -0.2) is 44.9 Å². The van der Waals surface area contributed by atoms with E-state index in [4.69, 9.17) is 58.1 Å². The van der Waals surface area contributed by atoms with Gasteiger partial charge in [-0.2, -0.15) is 0 Å². The van der Waals surface area contributed by atoms with E-state index in [0.29, 0.717) is 63.8 Å². The van der Waals surface area contributed by atoms with Crippen LogP contribution in [0.3, 0.4) is 0 Å². The zero-order valence-corrected chi connectivity index (χ0v) is 69.7. The first kappa shape index (κ1) is 74.8. The first-order valence-corrected chi connectivity index (χ1v) is 42.4. The normalized spacial score (nSPS) is 13.3. The standard InChI is InChI=1S/C42H29N3O.C36H25N3O.C34H23N5O/c1-42(2)34-21-10-9-19-31(34)32-25-37-33(24-35(32)42)38-30(20-12-22-36(38)46-37)28-17-11-18-29(23-28)41-44-39(26-13-5-3-6-14-26)43-40(45-41)27-15-7-4-8-16-27;1-36(2)29-16-10-9-15-25(29)26-21-32-28(20-30(26)36)27-19-24(17-18-31(27)40-32)35-38-33(22-11-5-3-6-12-22)37-34(39-35)23-13-7-4-8-14-23;1-34(2)25-10-4-3-9-21(25)22-19-30-24(18-26(22)34)23-17-20(13-14-29(23)40-30)31-37-32(27-11-5-7-15-35-27)39-33(38-31)28-12-6-8-16-36-28/h3-25H,1-2H3;3-21H,1-2H3;3-19H,1-2H3. The van der Waals surface area contributed by atoms with Crippen molar-refractivity contribution in [1.82, 2.24) is 54.8 Å². The lowest BCUT2D eigenvalue weighted by Crippen LogP contribution is -2.14. The van der Waals surface area contributed by atoms with Crippen molar-refractivity contribution in [2.24, 2.45) is 0 Å². The molecule has 3 aliphatic rings. The number of rotatable bonds is 10. The van der Waals surface area contributed by atoms with Gasteiger partial charge in [0.2, 0.25) is 0 Å². The summed E-state index contributed by atoms with van der Waals surface area (Å²) in [6.07, 6.45) is 3.47. The van der Waals surface area contributed by atoms with Gasteiger partial charge >= 0.3 is 0 Å². The molecule has 0 saturated heterocycles. The van der Waals surface area contributed by atoms with Gasteiger partial charge in [0.25, 0.3) is 0 Å². The molecular weight excluding hydrogens is 1550 g/mol. The summed E-state index contributed by atoms with van der Waals surface area (Å²) in [5.41, 5.74) is 30.7. The van der Waals surface area contributed by atoms with E-state index >= 15 is 0 Å². The molecule has 0 bridgehead atoms. The lowest BCUT2D eigenvalue weighted by Gasteiger charge is -2.21. The fourth-order valence-corrected chi connectivity index (χ4v) is 18.9. The van der Waals surface area contributed by atoms with Crippen molar-refractivity contribution in [2.45, 2.75) is 57.8 Å². The van der Waals surface area contributed by atoms with Crippen LogP contribution >= 0.6 is 0 Å². The maximum Gasteiger partial charge on any atom is 0.182 e. The maximum atomic E-state index is 6.53. The number of pyridine rings is 2. The van der Waals surface area contributed by atoms with E-state index in [2.05, 4.69) is 215 Å². The van der Waals surface area contributed by atoms with Gasteiger partial charge in [-0.3, -0.25) is 9.97 Å². The van der Waals surface area contributed by atoms with Crippen LogP contribution in [0.2, 0.25) is 0 Å². The minimum absolute atomic E-state index is 0.0787. The van der Waals surface area contributed by atoms with Crippen LogP contribution in [0.1, 0.15) is 74.9 Å². The molecule has 14 nitrogen and oxygen atoms in total. The van der Waals surface area contributed by atoms with E-state index in [-0.39, 0.29) is 16.2 Å². The number of furan rings is 3. The number of benzene rings is 14. The first-order valence-electron chi connectivity index (χ1n) is 42.4. The zero-order chi connectivity index (χ0) is 84.5. The van der Waals surface area contributed by atoms with Gasteiger partial charge in [-0.05, 0) is 187 Å².